The molecule has 0 unspecified atom stereocenters. The SMILES string of the molecule is CC(=O)O[C@H]1O[C@@H](C)[C@@H](N=[N+]=[N-])[C@H](OC(C)=O)[C@H]1N=[N+]=[N-]. The van der Waals surface area contributed by atoms with Crippen molar-refractivity contribution in [3.05, 3.63) is 20.9 Å². The largest absolute Gasteiger partial charge is 0.461 e. The van der Waals surface area contributed by atoms with Gasteiger partial charge in [0.25, 0.3) is 0 Å². The van der Waals surface area contributed by atoms with Gasteiger partial charge in [-0.25, -0.2) is 0 Å². The fourth-order valence-corrected chi connectivity index (χ4v) is 1.99. The van der Waals surface area contributed by atoms with Crippen LogP contribution < -0.4 is 0 Å². The van der Waals surface area contributed by atoms with Gasteiger partial charge >= 0.3 is 11.9 Å². The van der Waals surface area contributed by atoms with Crippen LogP contribution in [0.25, 0.3) is 20.9 Å². The highest BCUT2D eigenvalue weighted by Gasteiger charge is 2.47. The second-order valence-electron chi connectivity index (χ2n) is 4.28. The molecule has 1 rings (SSSR count). The first-order chi connectivity index (χ1) is 9.90. The van der Waals surface area contributed by atoms with Crippen LogP contribution in [0.15, 0.2) is 10.2 Å². The molecule has 1 aliphatic rings. The van der Waals surface area contributed by atoms with E-state index >= 15 is 0 Å². The highest BCUT2D eigenvalue weighted by Crippen LogP contribution is 2.29. The van der Waals surface area contributed by atoms with Crippen molar-refractivity contribution in [1.29, 1.82) is 0 Å². The van der Waals surface area contributed by atoms with Gasteiger partial charge in [0.15, 0.2) is 0 Å². The number of carbonyl (C=O) groups excluding carboxylic acids is 2. The summed E-state index contributed by atoms with van der Waals surface area (Å²) in [4.78, 5) is 27.6. The monoisotopic (exact) mass is 298 g/mol. The van der Waals surface area contributed by atoms with Crippen LogP contribution in [0.5, 0.6) is 0 Å². The van der Waals surface area contributed by atoms with E-state index in [1.165, 1.54) is 0 Å². The molecule has 0 saturated carbocycles. The van der Waals surface area contributed by atoms with Crippen LogP contribution in [0.2, 0.25) is 0 Å². The number of hydrogen-bond acceptors (Lipinski definition) is 7. The van der Waals surface area contributed by atoms with E-state index in [1.54, 1.807) is 6.92 Å². The molecule has 0 spiro atoms. The normalized spacial score (nSPS) is 31.3. The van der Waals surface area contributed by atoms with Gasteiger partial charge in [-0.05, 0) is 18.0 Å². The van der Waals surface area contributed by atoms with E-state index in [9.17, 15) is 9.59 Å². The Morgan fingerprint density at radius 2 is 1.57 bits per heavy atom. The van der Waals surface area contributed by atoms with Crippen LogP contribution in [0.3, 0.4) is 0 Å². The van der Waals surface area contributed by atoms with Gasteiger partial charge in [-0.1, -0.05) is 10.2 Å². The summed E-state index contributed by atoms with van der Waals surface area (Å²) in [6.07, 6.45) is -3.04. The molecule has 114 valence electrons. The minimum Gasteiger partial charge on any atom is -0.461 e. The molecule has 0 aromatic rings. The average molecular weight is 298 g/mol. The lowest BCUT2D eigenvalue weighted by molar-refractivity contribution is -0.228. The van der Waals surface area contributed by atoms with Crippen molar-refractivity contribution in [1.82, 2.24) is 0 Å². The van der Waals surface area contributed by atoms with Gasteiger partial charge in [-0.3, -0.25) is 9.59 Å². The second kappa shape index (κ2) is 7.34. The summed E-state index contributed by atoms with van der Waals surface area (Å²) in [6.45, 7) is 3.86. The zero-order chi connectivity index (χ0) is 16.0. The third-order valence-electron chi connectivity index (χ3n) is 2.74. The van der Waals surface area contributed by atoms with Gasteiger partial charge in [-0.2, -0.15) is 0 Å². The summed E-state index contributed by atoms with van der Waals surface area (Å²) in [5.74, 6) is -1.32. The van der Waals surface area contributed by atoms with Crippen LogP contribution >= 0.6 is 0 Å². The maximum atomic E-state index is 11.2. The third kappa shape index (κ3) is 4.25. The molecule has 0 amide bonds. The predicted molar refractivity (Wildman–Crippen MR) is 67.5 cm³/mol. The number of esters is 2. The summed E-state index contributed by atoms with van der Waals surface area (Å²) < 4.78 is 15.4. The number of nitrogens with zero attached hydrogens (tertiary/aromatic N) is 6. The van der Waals surface area contributed by atoms with Crippen molar-refractivity contribution < 1.29 is 23.8 Å². The molecule has 0 bridgehead atoms. The Morgan fingerprint density at radius 3 is 2.05 bits per heavy atom. The zero-order valence-corrected chi connectivity index (χ0v) is 11.6. The Morgan fingerprint density at radius 1 is 1.05 bits per heavy atom. The first-order valence-electron chi connectivity index (χ1n) is 5.99. The molecule has 21 heavy (non-hydrogen) atoms. The summed E-state index contributed by atoms with van der Waals surface area (Å²) in [5, 5.41) is 6.94. The van der Waals surface area contributed by atoms with Gasteiger partial charge in [-0.15, -0.1) is 0 Å². The van der Waals surface area contributed by atoms with Gasteiger partial charge < -0.3 is 14.2 Å². The number of carbonyl (C=O) groups is 2. The van der Waals surface area contributed by atoms with E-state index < -0.39 is 42.5 Å². The van der Waals surface area contributed by atoms with Gasteiger partial charge in [0, 0.05) is 23.7 Å². The van der Waals surface area contributed by atoms with E-state index in [4.69, 9.17) is 25.3 Å². The molecule has 11 heteroatoms. The molecule has 1 heterocycles. The standard InChI is InChI=1S/C10H14N6O5/c1-4-7(13-15-11)9(20-5(2)17)8(14-16-12)10(19-4)21-6(3)18/h4,7-10H,1-3H3/t4-,7+,8+,9-,10+/m0/s1. The number of azide groups is 2. The van der Waals surface area contributed by atoms with E-state index in [2.05, 4.69) is 20.1 Å². The highest BCUT2D eigenvalue weighted by molar-refractivity contribution is 5.67. The van der Waals surface area contributed by atoms with Crippen molar-refractivity contribution in [3.63, 3.8) is 0 Å². The summed E-state index contributed by atoms with van der Waals surface area (Å²) in [5.41, 5.74) is 17.2. The minimum atomic E-state index is -1.23. The predicted octanol–water partition coefficient (Wildman–Crippen LogP) is 1.58. The smallest absolute Gasteiger partial charge is 0.304 e. The van der Waals surface area contributed by atoms with Crippen LogP contribution in [-0.2, 0) is 23.8 Å². The van der Waals surface area contributed by atoms with Crippen LogP contribution in [0.1, 0.15) is 20.8 Å². The fraction of sp³-hybridized carbons (Fsp3) is 0.800. The number of ether oxygens (including phenoxy) is 3. The quantitative estimate of drug-likeness (QED) is 0.333. The summed E-state index contributed by atoms with van der Waals surface area (Å²) in [6, 6.07) is -2.07. The molecule has 0 aromatic heterocycles. The van der Waals surface area contributed by atoms with Gasteiger partial charge in [0.05, 0.1) is 6.10 Å². The topological polar surface area (TPSA) is 159 Å². The average Bonchev–Trinajstić information content (AvgIpc) is 2.37. The maximum absolute atomic E-state index is 11.2. The van der Waals surface area contributed by atoms with Crippen LogP contribution in [0, 0.1) is 0 Å². The first-order valence-corrected chi connectivity index (χ1v) is 5.99. The van der Waals surface area contributed by atoms with Crippen LogP contribution in [-0.4, -0.2) is 42.5 Å². The molecular formula is C10H14N6O5. The molecular weight excluding hydrogens is 284 g/mol. The van der Waals surface area contributed by atoms with Gasteiger partial charge in [0.1, 0.15) is 18.2 Å². The lowest BCUT2D eigenvalue weighted by Crippen LogP contribution is -2.57. The van der Waals surface area contributed by atoms with Crippen molar-refractivity contribution >= 4 is 11.9 Å². The Hall–Kier alpha value is -2.48. The number of hydrogen-bond donors (Lipinski definition) is 0. The van der Waals surface area contributed by atoms with Gasteiger partial charge in [0.2, 0.25) is 6.29 Å². The van der Waals surface area contributed by atoms with E-state index in [-0.39, 0.29) is 0 Å². The number of rotatable bonds is 4. The summed E-state index contributed by atoms with van der Waals surface area (Å²) >= 11 is 0. The Bertz CT molecular complexity index is 512. The van der Waals surface area contributed by atoms with Crippen molar-refractivity contribution in [3.8, 4) is 0 Å². The third-order valence-corrected chi connectivity index (χ3v) is 2.74. The van der Waals surface area contributed by atoms with Crippen LogP contribution in [0.4, 0.5) is 0 Å². The Labute approximate surface area is 119 Å². The maximum Gasteiger partial charge on any atom is 0.304 e. The fourth-order valence-electron chi connectivity index (χ4n) is 1.99. The first kappa shape index (κ1) is 16.6. The Balaban J connectivity index is 3.18. The van der Waals surface area contributed by atoms with E-state index in [1.807, 2.05) is 0 Å². The molecule has 0 aromatic carbocycles. The molecule has 1 saturated heterocycles. The lowest BCUT2D eigenvalue weighted by atomic mass is 9.96. The molecule has 5 atom stereocenters. The molecule has 1 aliphatic heterocycles. The zero-order valence-electron chi connectivity index (χ0n) is 11.6. The minimum absolute atomic E-state index is 0.658. The van der Waals surface area contributed by atoms with E-state index in [0.717, 1.165) is 13.8 Å². The summed E-state index contributed by atoms with van der Waals surface area (Å²) in [7, 11) is 0. The molecule has 1 fully saturated rings. The lowest BCUT2D eigenvalue weighted by Gasteiger charge is -2.40. The van der Waals surface area contributed by atoms with Crippen molar-refractivity contribution in [2.45, 2.75) is 51.4 Å². The van der Waals surface area contributed by atoms with E-state index in [0.29, 0.717) is 0 Å². The molecule has 0 N–H and O–H groups in total. The Kier molecular flexibility index (Phi) is 5.79. The van der Waals surface area contributed by atoms with Crippen molar-refractivity contribution in [2.75, 3.05) is 0 Å². The molecule has 0 aliphatic carbocycles. The highest BCUT2D eigenvalue weighted by atomic mass is 16.7. The van der Waals surface area contributed by atoms with Crippen molar-refractivity contribution in [2.24, 2.45) is 10.2 Å². The molecule has 0 radical (unpaired) electrons. The molecule has 11 nitrogen and oxygen atoms in total. The second-order valence-corrected chi connectivity index (χ2v) is 4.28.